The Hall–Kier alpha value is -3.17. The van der Waals surface area contributed by atoms with Gasteiger partial charge in [0.15, 0.2) is 0 Å². The van der Waals surface area contributed by atoms with E-state index in [2.05, 4.69) is 20.4 Å². The molecule has 0 saturated heterocycles. The van der Waals surface area contributed by atoms with Crippen molar-refractivity contribution in [2.75, 3.05) is 11.6 Å². The summed E-state index contributed by atoms with van der Waals surface area (Å²) in [6.45, 7) is 1.73. The maximum atomic E-state index is 13.0. The van der Waals surface area contributed by atoms with Gasteiger partial charge in [0, 0.05) is 22.7 Å². The number of hydrogen-bond donors (Lipinski definition) is 2. The number of H-pyrrole nitrogens is 1. The summed E-state index contributed by atoms with van der Waals surface area (Å²) in [7, 11) is 0. The number of amides is 1. The van der Waals surface area contributed by atoms with Gasteiger partial charge >= 0.3 is 0 Å². The van der Waals surface area contributed by atoms with Crippen LogP contribution in [0.15, 0.2) is 63.6 Å². The molecule has 0 bridgehead atoms. The van der Waals surface area contributed by atoms with Gasteiger partial charge in [0.1, 0.15) is 11.5 Å². The van der Waals surface area contributed by atoms with E-state index in [4.69, 9.17) is 0 Å². The number of rotatable bonds is 5. The highest BCUT2D eigenvalue weighted by atomic mass is 32.2. The second-order valence-electron chi connectivity index (χ2n) is 6.17. The molecule has 1 aromatic carbocycles. The summed E-state index contributed by atoms with van der Waals surface area (Å²) in [6, 6.07) is 14.4. The third kappa shape index (κ3) is 4.01. The number of anilines is 1. The lowest BCUT2D eigenvalue weighted by atomic mass is 10.2. The van der Waals surface area contributed by atoms with Gasteiger partial charge in [0.25, 0.3) is 11.5 Å². The first kappa shape index (κ1) is 19.2. The number of aromatic amines is 1. The van der Waals surface area contributed by atoms with Crippen molar-refractivity contribution in [2.45, 2.75) is 11.8 Å². The predicted octanol–water partition coefficient (Wildman–Crippen LogP) is 3.97. The Labute approximate surface area is 174 Å². The third-order valence-corrected chi connectivity index (χ3v) is 5.82. The van der Waals surface area contributed by atoms with Gasteiger partial charge in [-0.15, -0.1) is 23.1 Å². The summed E-state index contributed by atoms with van der Waals surface area (Å²) in [5.41, 5.74) is 1.52. The van der Waals surface area contributed by atoms with Gasteiger partial charge in [-0.25, -0.2) is 4.98 Å². The number of thioether (sulfide) groups is 1. The molecular weight excluding hydrogens is 406 g/mol. The number of aryl methyl sites for hydroxylation is 1. The number of nitrogens with one attached hydrogen (secondary N) is 2. The first-order chi connectivity index (χ1) is 14.0. The standard InChI is InChI=1S/C20H17N5O2S2/c1-12-10-18(26)23-20(21-12)25-17(11-14(24-25)16-8-5-9-29-16)22-19(27)13-6-3-4-7-15(13)28-2/h3-11H,1-2H3,(H,22,27)(H,21,23,26). The molecule has 4 rings (SSSR count). The maximum absolute atomic E-state index is 13.0. The van der Waals surface area contributed by atoms with Gasteiger partial charge in [-0.1, -0.05) is 18.2 Å². The van der Waals surface area contributed by atoms with Crippen molar-refractivity contribution in [2.24, 2.45) is 0 Å². The molecule has 2 N–H and O–H groups in total. The molecule has 3 heterocycles. The van der Waals surface area contributed by atoms with Crippen molar-refractivity contribution in [1.29, 1.82) is 0 Å². The van der Waals surface area contributed by atoms with Crippen LogP contribution in [0.3, 0.4) is 0 Å². The maximum Gasteiger partial charge on any atom is 0.257 e. The first-order valence-corrected chi connectivity index (χ1v) is 10.8. The number of carbonyl (C=O) groups is 1. The van der Waals surface area contributed by atoms with Crippen molar-refractivity contribution in [3.05, 3.63) is 75.5 Å². The summed E-state index contributed by atoms with van der Waals surface area (Å²) in [5.74, 6) is 0.401. The lowest BCUT2D eigenvalue weighted by molar-refractivity contribution is 0.102. The van der Waals surface area contributed by atoms with Gasteiger partial charge in [-0.3, -0.25) is 14.6 Å². The molecule has 0 spiro atoms. The van der Waals surface area contributed by atoms with Crippen molar-refractivity contribution >= 4 is 34.8 Å². The lowest BCUT2D eigenvalue weighted by Crippen LogP contribution is -2.19. The Morgan fingerprint density at radius 2 is 2.03 bits per heavy atom. The van der Waals surface area contributed by atoms with E-state index in [1.165, 1.54) is 33.8 Å². The average Bonchev–Trinajstić information content (AvgIpc) is 3.37. The van der Waals surface area contributed by atoms with E-state index in [-0.39, 0.29) is 17.4 Å². The largest absolute Gasteiger partial charge is 0.306 e. The number of thiophene rings is 1. The van der Waals surface area contributed by atoms with E-state index in [0.717, 1.165) is 9.77 Å². The molecule has 0 atom stereocenters. The second-order valence-corrected chi connectivity index (χ2v) is 7.96. The summed E-state index contributed by atoms with van der Waals surface area (Å²) in [4.78, 5) is 33.7. The number of hydrogen-bond acceptors (Lipinski definition) is 6. The average molecular weight is 424 g/mol. The zero-order valence-electron chi connectivity index (χ0n) is 15.7. The number of carbonyl (C=O) groups excluding carboxylic acids is 1. The van der Waals surface area contributed by atoms with E-state index >= 15 is 0 Å². The second kappa shape index (κ2) is 8.06. The molecule has 0 aliphatic carbocycles. The number of aromatic nitrogens is 4. The highest BCUT2D eigenvalue weighted by Crippen LogP contribution is 2.28. The highest BCUT2D eigenvalue weighted by molar-refractivity contribution is 7.98. The first-order valence-electron chi connectivity index (χ1n) is 8.72. The lowest BCUT2D eigenvalue weighted by Gasteiger charge is -2.10. The minimum absolute atomic E-state index is 0.242. The van der Waals surface area contributed by atoms with E-state index < -0.39 is 0 Å². The molecule has 146 valence electrons. The van der Waals surface area contributed by atoms with Crippen LogP contribution < -0.4 is 10.9 Å². The Morgan fingerprint density at radius 3 is 2.76 bits per heavy atom. The van der Waals surface area contributed by atoms with E-state index in [1.54, 1.807) is 19.1 Å². The monoisotopic (exact) mass is 423 g/mol. The molecule has 3 aromatic heterocycles. The fourth-order valence-corrected chi connectivity index (χ4v) is 4.13. The highest BCUT2D eigenvalue weighted by Gasteiger charge is 2.18. The van der Waals surface area contributed by atoms with Crippen molar-refractivity contribution in [3.63, 3.8) is 0 Å². The molecule has 0 unspecified atom stereocenters. The molecule has 0 fully saturated rings. The van der Waals surface area contributed by atoms with Crippen molar-refractivity contribution in [3.8, 4) is 16.5 Å². The van der Waals surface area contributed by atoms with E-state index in [1.807, 2.05) is 42.0 Å². The smallest absolute Gasteiger partial charge is 0.257 e. The Bertz CT molecular complexity index is 1230. The van der Waals surface area contributed by atoms with Crippen LogP contribution in [0.4, 0.5) is 5.82 Å². The van der Waals surface area contributed by atoms with E-state index in [9.17, 15) is 9.59 Å². The van der Waals surface area contributed by atoms with E-state index in [0.29, 0.717) is 22.8 Å². The molecule has 0 aliphatic rings. The third-order valence-electron chi connectivity index (χ3n) is 4.13. The van der Waals surface area contributed by atoms with Crippen LogP contribution in [0.2, 0.25) is 0 Å². The summed E-state index contributed by atoms with van der Waals surface area (Å²) >= 11 is 3.04. The van der Waals surface area contributed by atoms with Crippen LogP contribution in [0, 0.1) is 6.92 Å². The fourth-order valence-electron chi connectivity index (χ4n) is 2.86. The summed E-state index contributed by atoms with van der Waals surface area (Å²) < 4.78 is 1.45. The SMILES string of the molecule is CSc1ccccc1C(=O)Nc1cc(-c2cccs2)nn1-c1nc(C)cc(=O)[nH]1. The Kier molecular flexibility index (Phi) is 5.32. The normalized spacial score (nSPS) is 10.8. The molecule has 7 nitrogen and oxygen atoms in total. The molecule has 0 radical (unpaired) electrons. The van der Waals surface area contributed by atoms with Gasteiger partial charge in [0.05, 0.1) is 10.4 Å². The van der Waals surface area contributed by atoms with Crippen LogP contribution in [0.1, 0.15) is 16.1 Å². The van der Waals surface area contributed by atoms with Crippen LogP contribution >= 0.6 is 23.1 Å². The molecule has 0 saturated carbocycles. The van der Waals surface area contributed by atoms with Gasteiger partial charge in [-0.2, -0.15) is 9.78 Å². The van der Waals surface area contributed by atoms with Crippen LogP contribution in [0.25, 0.3) is 16.5 Å². The van der Waals surface area contributed by atoms with Crippen LogP contribution in [-0.2, 0) is 0 Å². The van der Waals surface area contributed by atoms with Crippen LogP contribution in [-0.4, -0.2) is 31.9 Å². The molecule has 9 heteroatoms. The minimum Gasteiger partial charge on any atom is -0.306 e. The minimum atomic E-state index is -0.286. The number of benzene rings is 1. The van der Waals surface area contributed by atoms with Gasteiger partial charge < -0.3 is 5.32 Å². The van der Waals surface area contributed by atoms with Gasteiger partial charge in [-0.05, 0) is 36.8 Å². The fraction of sp³-hybridized carbons (Fsp3) is 0.100. The van der Waals surface area contributed by atoms with Gasteiger partial charge in [0.2, 0.25) is 5.95 Å². The predicted molar refractivity (Wildman–Crippen MR) is 116 cm³/mol. The molecular formula is C20H17N5O2S2. The van der Waals surface area contributed by atoms with Crippen LogP contribution in [0.5, 0.6) is 0 Å². The quantitative estimate of drug-likeness (QED) is 0.474. The topological polar surface area (TPSA) is 92.7 Å². The molecule has 4 aromatic rings. The van der Waals surface area contributed by atoms with Crippen molar-refractivity contribution < 1.29 is 4.79 Å². The molecule has 0 aliphatic heterocycles. The Balaban J connectivity index is 1.79. The summed E-state index contributed by atoms with van der Waals surface area (Å²) in [6.07, 6.45) is 1.92. The van der Waals surface area contributed by atoms with Crippen molar-refractivity contribution in [1.82, 2.24) is 19.7 Å². The number of nitrogens with zero attached hydrogens (tertiary/aromatic N) is 3. The Morgan fingerprint density at radius 1 is 1.21 bits per heavy atom. The summed E-state index contributed by atoms with van der Waals surface area (Å²) in [5, 5.41) is 9.43. The molecule has 1 amide bonds. The zero-order chi connectivity index (χ0) is 20.4. The zero-order valence-corrected chi connectivity index (χ0v) is 17.3. The molecule has 29 heavy (non-hydrogen) atoms.